The number of ketones is 1. The second-order valence-corrected chi connectivity index (χ2v) is 12.1. The quantitative estimate of drug-likeness (QED) is 0.167. The van der Waals surface area contributed by atoms with Crippen LogP contribution in [0.3, 0.4) is 0 Å². The summed E-state index contributed by atoms with van der Waals surface area (Å²) < 4.78 is 6.73. The van der Waals surface area contributed by atoms with E-state index < -0.39 is 17.7 Å². The van der Waals surface area contributed by atoms with Gasteiger partial charge in [0.2, 0.25) is 0 Å². The highest BCUT2D eigenvalue weighted by atomic mass is 32.1. The molecule has 5 rings (SSSR count). The summed E-state index contributed by atoms with van der Waals surface area (Å²) in [7, 11) is 0. The maximum absolute atomic E-state index is 13.5. The van der Waals surface area contributed by atoms with E-state index in [4.69, 9.17) is 9.72 Å². The number of Topliss-reactive ketones (excluding diaryl/α,β-unsaturated/α-hetero) is 1. The zero-order valence-corrected chi connectivity index (χ0v) is 23.5. The number of hydrogen-bond acceptors (Lipinski definition) is 7. The van der Waals surface area contributed by atoms with Gasteiger partial charge in [0.15, 0.2) is 5.13 Å². The summed E-state index contributed by atoms with van der Waals surface area (Å²) in [5.74, 6) is -0.930. The number of carbonyl (C=O) groups excluding carboxylic acids is 2. The Morgan fingerprint density at radius 2 is 1.87 bits per heavy atom. The number of hydrogen-bond donors (Lipinski definition) is 1. The van der Waals surface area contributed by atoms with Crippen LogP contribution in [0, 0.1) is 5.92 Å². The van der Waals surface area contributed by atoms with E-state index in [2.05, 4.69) is 31.8 Å². The molecule has 7 nitrogen and oxygen atoms in total. The predicted octanol–water partition coefficient (Wildman–Crippen LogP) is 6.65. The molecule has 39 heavy (non-hydrogen) atoms. The zero-order chi connectivity index (χ0) is 27.9. The van der Waals surface area contributed by atoms with Gasteiger partial charge in [-0.15, -0.1) is 0 Å². The molecule has 1 saturated heterocycles. The molecule has 1 fully saturated rings. The fraction of sp³-hybridized carbons (Fsp3) is 0.290. The summed E-state index contributed by atoms with van der Waals surface area (Å²) in [6, 6.07) is 17.3. The number of ether oxygens (including phenoxy) is 1. The summed E-state index contributed by atoms with van der Waals surface area (Å²) in [6.07, 6.45) is 1.60. The van der Waals surface area contributed by atoms with Crippen molar-refractivity contribution >= 4 is 44.1 Å². The van der Waals surface area contributed by atoms with Crippen LogP contribution >= 0.6 is 11.3 Å². The standard InChI is InChI=1S/C31H31N3O4S/c1-18(2)17-38-21-10-8-9-19(15-21)27(35)25-26(23-11-6-7-14-32-23)34(29(37)28(25)36)30-33-22-13-12-20(31(3,4)5)16-24(22)39-30/h6-16,18,26,35H,17H2,1-5H3/b27-25+. The minimum absolute atomic E-state index is 0.0330. The first-order chi connectivity index (χ1) is 18.5. The lowest BCUT2D eigenvalue weighted by Gasteiger charge is -2.22. The molecule has 0 aliphatic carbocycles. The molecule has 0 bridgehead atoms. The lowest BCUT2D eigenvalue weighted by molar-refractivity contribution is -0.132. The molecule has 0 radical (unpaired) electrons. The van der Waals surface area contributed by atoms with Gasteiger partial charge in [-0.3, -0.25) is 19.5 Å². The molecular weight excluding hydrogens is 510 g/mol. The van der Waals surface area contributed by atoms with Crippen LogP contribution in [-0.2, 0) is 15.0 Å². The minimum atomic E-state index is -0.936. The molecule has 1 N–H and O–H groups in total. The normalized spacial score (nSPS) is 17.4. The lowest BCUT2D eigenvalue weighted by Crippen LogP contribution is -2.29. The van der Waals surface area contributed by atoms with Crippen molar-refractivity contribution < 1.29 is 19.4 Å². The van der Waals surface area contributed by atoms with Crippen molar-refractivity contribution in [2.45, 2.75) is 46.1 Å². The molecule has 0 spiro atoms. The first-order valence-corrected chi connectivity index (χ1v) is 13.7. The fourth-order valence-corrected chi connectivity index (χ4v) is 5.51. The molecule has 200 valence electrons. The van der Waals surface area contributed by atoms with E-state index in [-0.39, 0.29) is 16.7 Å². The van der Waals surface area contributed by atoms with Crippen molar-refractivity contribution in [3.05, 3.63) is 89.3 Å². The molecule has 0 saturated carbocycles. The fourth-order valence-electron chi connectivity index (χ4n) is 4.48. The SMILES string of the molecule is CC(C)COc1cccc(/C(O)=C2\C(=O)C(=O)N(c3nc4ccc(C(C)(C)C)cc4s3)C2c2ccccn2)c1. The van der Waals surface area contributed by atoms with Crippen LogP contribution in [0.2, 0.25) is 0 Å². The average molecular weight is 542 g/mol. The molecule has 2 aromatic carbocycles. The molecule has 1 amide bonds. The number of thiazole rings is 1. The van der Waals surface area contributed by atoms with Crippen molar-refractivity contribution in [3.8, 4) is 5.75 Å². The van der Waals surface area contributed by atoms with E-state index in [1.54, 1.807) is 48.7 Å². The summed E-state index contributed by atoms with van der Waals surface area (Å²) in [5, 5.41) is 11.8. The van der Waals surface area contributed by atoms with E-state index in [0.717, 1.165) is 15.8 Å². The minimum Gasteiger partial charge on any atom is -0.507 e. The first kappa shape index (κ1) is 26.6. The van der Waals surface area contributed by atoms with Gasteiger partial charge in [0.05, 0.1) is 28.1 Å². The summed E-state index contributed by atoms with van der Waals surface area (Å²) >= 11 is 1.34. The Balaban J connectivity index is 1.64. The Morgan fingerprint density at radius 1 is 1.08 bits per heavy atom. The van der Waals surface area contributed by atoms with Crippen LogP contribution in [0.25, 0.3) is 16.0 Å². The highest BCUT2D eigenvalue weighted by Crippen LogP contribution is 2.44. The van der Waals surface area contributed by atoms with E-state index in [1.165, 1.54) is 16.2 Å². The van der Waals surface area contributed by atoms with Crippen molar-refractivity contribution in [3.63, 3.8) is 0 Å². The number of amides is 1. The molecule has 1 unspecified atom stereocenters. The number of rotatable bonds is 6. The summed E-state index contributed by atoms with van der Waals surface area (Å²) in [5.41, 5.74) is 2.64. The molecule has 2 aromatic heterocycles. The molecule has 1 aliphatic heterocycles. The number of fused-ring (bicyclic) bond motifs is 1. The van der Waals surface area contributed by atoms with Crippen LogP contribution < -0.4 is 9.64 Å². The number of aliphatic hydroxyl groups is 1. The van der Waals surface area contributed by atoms with Gasteiger partial charge in [-0.2, -0.15) is 0 Å². The summed E-state index contributed by atoms with van der Waals surface area (Å²) in [4.78, 5) is 37.6. The van der Waals surface area contributed by atoms with E-state index >= 15 is 0 Å². The van der Waals surface area contributed by atoms with Crippen molar-refractivity contribution in [1.29, 1.82) is 0 Å². The first-order valence-electron chi connectivity index (χ1n) is 12.9. The van der Waals surface area contributed by atoms with E-state index in [1.807, 2.05) is 26.0 Å². The Morgan fingerprint density at radius 3 is 2.56 bits per heavy atom. The number of anilines is 1. The number of pyridine rings is 1. The average Bonchev–Trinajstić information content (AvgIpc) is 3.45. The molecule has 8 heteroatoms. The van der Waals surface area contributed by atoms with Crippen molar-refractivity contribution in [2.24, 2.45) is 5.92 Å². The van der Waals surface area contributed by atoms with Crippen molar-refractivity contribution in [2.75, 3.05) is 11.5 Å². The van der Waals surface area contributed by atoms with Gasteiger partial charge in [0, 0.05) is 11.8 Å². The third-order valence-corrected chi connectivity index (χ3v) is 7.57. The smallest absolute Gasteiger partial charge is 0.301 e. The van der Waals surface area contributed by atoms with Crippen LogP contribution in [0.15, 0.2) is 72.4 Å². The maximum atomic E-state index is 13.5. The topological polar surface area (TPSA) is 92.6 Å². The van der Waals surface area contributed by atoms with Crippen LogP contribution in [0.1, 0.15) is 57.5 Å². The number of aliphatic hydroxyl groups excluding tert-OH is 1. The van der Waals surface area contributed by atoms with Gasteiger partial charge in [-0.1, -0.05) is 70.2 Å². The Hall–Kier alpha value is -4.04. The number of carbonyl (C=O) groups is 2. The Labute approximate surface area is 231 Å². The number of nitrogens with zero attached hydrogens (tertiary/aromatic N) is 3. The lowest BCUT2D eigenvalue weighted by atomic mass is 9.87. The van der Waals surface area contributed by atoms with Crippen LogP contribution in [0.5, 0.6) is 5.75 Å². The summed E-state index contributed by atoms with van der Waals surface area (Å²) in [6.45, 7) is 11.0. The van der Waals surface area contributed by atoms with Crippen LogP contribution in [-0.4, -0.2) is 33.4 Å². The van der Waals surface area contributed by atoms with Crippen molar-refractivity contribution in [1.82, 2.24) is 9.97 Å². The highest BCUT2D eigenvalue weighted by molar-refractivity contribution is 7.22. The molecule has 1 aliphatic rings. The zero-order valence-electron chi connectivity index (χ0n) is 22.6. The second kappa shape index (κ2) is 10.3. The molecule has 4 aromatic rings. The highest BCUT2D eigenvalue weighted by Gasteiger charge is 2.48. The monoisotopic (exact) mass is 541 g/mol. The Kier molecular flexibility index (Phi) is 6.99. The predicted molar refractivity (Wildman–Crippen MR) is 154 cm³/mol. The molecule has 3 heterocycles. The second-order valence-electron chi connectivity index (χ2n) is 11.1. The largest absolute Gasteiger partial charge is 0.507 e. The maximum Gasteiger partial charge on any atom is 0.301 e. The van der Waals surface area contributed by atoms with Gasteiger partial charge >= 0.3 is 5.91 Å². The van der Waals surface area contributed by atoms with E-state index in [0.29, 0.717) is 34.7 Å². The molecule has 1 atom stereocenters. The third kappa shape index (κ3) is 5.16. The Bertz CT molecular complexity index is 1580. The number of aromatic nitrogens is 2. The van der Waals surface area contributed by atoms with Gasteiger partial charge in [-0.25, -0.2) is 4.98 Å². The number of benzene rings is 2. The van der Waals surface area contributed by atoms with Gasteiger partial charge < -0.3 is 9.84 Å². The van der Waals surface area contributed by atoms with Gasteiger partial charge in [-0.05, 0) is 53.3 Å². The van der Waals surface area contributed by atoms with Gasteiger partial charge in [0.25, 0.3) is 5.78 Å². The van der Waals surface area contributed by atoms with Gasteiger partial charge in [0.1, 0.15) is 17.6 Å². The third-order valence-electron chi connectivity index (χ3n) is 6.55. The van der Waals surface area contributed by atoms with E-state index in [9.17, 15) is 14.7 Å². The molecular formula is C31H31N3O4S. The van der Waals surface area contributed by atoms with Crippen LogP contribution in [0.4, 0.5) is 5.13 Å².